The number of rotatable bonds is 1. The monoisotopic (exact) mass is 324 g/mol. The highest BCUT2D eigenvalue weighted by Crippen LogP contribution is 2.42. The maximum Gasteiger partial charge on any atom is 0.0434 e. The van der Waals surface area contributed by atoms with Crippen molar-refractivity contribution in [1.29, 1.82) is 0 Å². The molecule has 0 fully saturated rings. The van der Waals surface area contributed by atoms with Crippen molar-refractivity contribution >= 4 is 42.3 Å². The average Bonchev–Trinajstić information content (AvgIpc) is 3.01. The first-order chi connectivity index (χ1) is 11.8. The molecule has 0 bridgehead atoms. The lowest BCUT2D eigenvalue weighted by molar-refractivity contribution is 1.47. The zero-order valence-electron chi connectivity index (χ0n) is 13.4. The first kappa shape index (κ1) is 13.8. The van der Waals surface area contributed by atoms with Crippen molar-refractivity contribution in [3.63, 3.8) is 0 Å². The molecule has 0 saturated heterocycles. The summed E-state index contributed by atoms with van der Waals surface area (Å²) in [5, 5.41) is 5.42. The molecule has 0 saturated carbocycles. The van der Waals surface area contributed by atoms with E-state index in [4.69, 9.17) is 0 Å². The van der Waals surface area contributed by atoms with Crippen LogP contribution in [-0.2, 0) is 0 Å². The van der Waals surface area contributed by atoms with Crippen molar-refractivity contribution in [3.8, 4) is 11.1 Å². The van der Waals surface area contributed by atoms with Gasteiger partial charge in [-0.15, -0.1) is 11.3 Å². The van der Waals surface area contributed by atoms with E-state index >= 15 is 0 Å². The molecule has 1 heterocycles. The van der Waals surface area contributed by atoms with Crippen LogP contribution in [0.2, 0.25) is 0 Å². The third-order valence-corrected chi connectivity index (χ3v) is 5.92. The predicted octanol–water partition coefficient (Wildman–Crippen LogP) is 7.18. The molecule has 0 spiro atoms. The van der Waals surface area contributed by atoms with E-state index < -0.39 is 0 Å². The summed E-state index contributed by atoms with van der Waals surface area (Å²) in [6, 6.07) is 28.7. The van der Waals surface area contributed by atoms with Gasteiger partial charge in [0.05, 0.1) is 0 Å². The number of hydrogen-bond donors (Lipinski definition) is 0. The summed E-state index contributed by atoms with van der Waals surface area (Å²) in [6.45, 7) is 2.15. The summed E-state index contributed by atoms with van der Waals surface area (Å²) >= 11 is 1.90. The van der Waals surface area contributed by atoms with Gasteiger partial charge in [0, 0.05) is 20.2 Å². The zero-order chi connectivity index (χ0) is 16.1. The second-order valence-corrected chi connectivity index (χ2v) is 7.37. The van der Waals surface area contributed by atoms with Gasteiger partial charge in [0.1, 0.15) is 0 Å². The van der Waals surface area contributed by atoms with Gasteiger partial charge in [0.2, 0.25) is 0 Å². The fraction of sp³-hybridized carbons (Fsp3) is 0.0435. The summed E-state index contributed by atoms with van der Waals surface area (Å²) in [5.41, 5.74) is 3.94. The highest BCUT2D eigenvalue weighted by atomic mass is 32.1. The van der Waals surface area contributed by atoms with Crippen LogP contribution in [0.1, 0.15) is 5.56 Å². The lowest BCUT2D eigenvalue weighted by Gasteiger charge is -2.05. The molecule has 24 heavy (non-hydrogen) atoms. The quantitative estimate of drug-likeness (QED) is 0.306. The van der Waals surface area contributed by atoms with Crippen molar-refractivity contribution in [2.75, 3.05) is 0 Å². The smallest absolute Gasteiger partial charge is 0.0434 e. The minimum absolute atomic E-state index is 1.30. The minimum Gasteiger partial charge on any atom is -0.135 e. The lowest BCUT2D eigenvalue weighted by Crippen LogP contribution is -1.80. The van der Waals surface area contributed by atoms with Gasteiger partial charge in [-0.2, -0.15) is 0 Å². The van der Waals surface area contributed by atoms with Gasteiger partial charge in [-0.05, 0) is 34.9 Å². The van der Waals surface area contributed by atoms with E-state index in [9.17, 15) is 0 Å². The van der Waals surface area contributed by atoms with Crippen LogP contribution in [0.25, 0.3) is 42.1 Å². The van der Waals surface area contributed by atoms with Crippen LogP contribution in [0.15, 0.2) is 78.9 Å². The standard InChI is InChI=1S/C23H16S/c1-15-6-4-8-17(14-15)19-10-5-11-20-22-18-9-3-2-7-16(18)12-13-21(22)24-23(19)20/h2-14H,1H3. The third kappa shape index (κ3) is 1.98. The first-order valence-electron chi connectivity index (χ1n) is 8.21. The largest absolute Gasteiger partial charge is 0.135 e. The summed E-state index contributed by atoms with van der Waals surface area (Å²) in [4.78, 5) is 0. The topological polar surface area (TPSA) is 0 Å². The van der Waals surface area contributed by atoms with Gasteiger partial charge in [-0.3, -0.25) is 0 Å². The van der Waals surface area contributed by atoms with Crippen molar-refractivity contribution in [3.05, 3.63) is 84.4 Å². The van der Waals surface area contributed by atoms with Crippen LogP contribution in [0.3, 0.4) is 0 Å². The van der Waals surface area contributed by atoms with E-state index in [2.05, 4.69) is 85.8 Å². The maximum absolute atomic E-state index is 2.28. The Kier molecular flexibility index (Phi) is 2.97. The van der Waals surface area contributed by atoms with Crippen LogP contribution < -0.4 is 0 Å². The fourth-order valence-electron chi connectivity index (χ4n) is 3.61. The molecule has 0 amide bonds. The van der Waals surface area contributed by atoms with Gasteiger partial charge < -0.3 is 0 Å². The fourth-order valence-corrected chi connectivity index (χ4v) is 4.86. The lowest BCUT2D eigenvalue weighted by atomic mass is 9.99. The molecule has 0 unspecified atom stereocenters. The van der Waals surface area contributed by atoms with E-state index in [0.29, 0.717) is 0 Å². The number of hydrogen-bond acceptors (Lipinski definition) is 1. The van der Waals surface area contributed by atoms with Crippen molar-refractivity contribution < 1.29 is 0 Å². The molecular formula is C23H16S. The molecule has 4 aromatic carbocycles. The SMILES string of the molecule is Cc1cccc(-c2cccc3c2sc2ccc4ccccc4c23)c1. The first-order valence-corrected chi connectivity index (χ1v) is 9.03. The maximum atomic E-state index is 2.28. The number of fused-ring (bicyclic) bond motifs is 5. The van der Waals surface area contributed by atoms with E-state index in [1.807, 2.05) is 11.3 Å². The molecule has 1 aromatic heterocycles. The van der Waals surface area contributed by atoms with Crippen LogP contribution >= 0.6 is 11.3 Å². The summed E-state index contributed by atoms with van der Waals surface area (Å²) in [5.74, 6) is 0. The molecule has 114 valence electrons. The summed E-state index contributed by atoms with van der Waals surface area (Å²) in [7, 11) is 0. The summed E-state index contributed by atoms with van der Waals surface area (Å²) in [6.07, 6.45) is 0. The van der Waals surface area contributed by atoms with Crippen LogP contribution in [0.4, 0.5) is 0 Å². The molecule has 0 N–H and O–H groups in total. The normalized spacial score (nSPS) is 11.5. The Balaban J connectivity index is 1.93. The molecule has 5 rings (SSSR count). The van der Waals surface area contributed by atoms with Gasteiger partial charge in [0.25, 0.3) is 0 Å². The van der Waals surface area contributed by atoms with E-state index in [-0.39, 0.29) is 0 Å². The van der Waals surface area contributed by atoms with Crippen LogP contribution in [-0.4, -0.2) is 0 Å². The molecular weight excluding hydrogens is 308 g/mol. The van der Waals surface area contributed by atoms with E-state index in [1.165, 1.54) is 47.6 Å². The van der Waals surface area contributed by atoms with Gasteiger partial charge in [0.15, 0.2) is 0 Å². The van der Waals surface area contributed by atoms with Gasteiger partial charge in [-0.1, -0.05) is 78.4 Å². The zero-order valence-corrected chi connectivity index (χ0v) is 14.2. The highest BCUT2D eigenvalue weighted by Gasteiger charge is 2.12. The Labute approximate surface area is 145 Å². The van der Waals surface area contributed by atoms with Crippen LogP contribution in [0, 0.1) is 6.92 Å². The molecule has 0 aliphatic rings. The Morgan fingerprint density at radius 1 is 0.708 bits per heavy atom. The van der Waals surface area contributed by atoms with E-state index in [1.54, 1.807) is 0 Å². The third-order valence-electron chi connectivity index (χ3n) is 4.72. The molecule has 0 aliphatic carbocycles. The Morgan fingerprint density at radius 3 is 2.46 bits per heavy atom. The number of benzene rings is 4. The molecule has 1 heteroatoms. The van der Waals surface area contributed by atoms with Crippen molar-refractivity contribution in [1.82, 2.24) is 0 Å². The Hall–Kier alpha value is -2.64. The van der Waals surface area contributed by atoms with Gasteiger partial charge >= 0.3 is 0 Å². The molecule has 5 aromatic rings. The predicted molar refractivity (Wildman–Crippen MR) is 107 cm³/mol. The highest BCUT2D eigenvalue weighted by molar-refractivity contribution is 7.26. The van der Waals surface area contributed by atoms with E-state index in [0.717, 1.165) is 0 Å². The van der Waals surface area contributed by atoms with Crippen LogP contribution in [0.5, 0.6) is 0 Å². The second-order valence-electron chi connectivity index (χ2n) is 6.31. The molecule has 0 aliphatic heterocycles. The molecule has 0 atom stereocenters. The number of aryl methyl sites for hydroxylation is 1. The Morgan fingerprint density at radius 2 is 1.54 bits per heavy atom. The second kappa shape index (κ2) is 5.19. The average molecular weight is 324 g/mol. The van der Waals surface area contributed by atoms with Gasteiger partial charge in [-0.25, -0.2) is 0 Å². The molecule has 0 nitrogen and oxygen atoms in total. The van der Waals surface area contributed by atoms with Crippen molar-refractivity contribution in [2.45, 2.75) is 6.92 Å². The van der Waals surface area contributed by atoms with Crippen molar-refractivity contribution in [2.24, 2.45) is 0 Å². The Bertz CT molecular complexity index is 1210. The number of thiophene rings is 1. The minimum atomic E-state index is 1.30. The molecule has 0 radical (unpaired) electrons. The summed E-state index contributed by atoms with van der Waals surface area (Å²) < 4.78 is 2.75.